The van der Waals surface area contributed by atoms with E-state index in [1.807, 2.05) is 6.07 Å². The van der Waals surface area contributed by atoms with E-state index in [1.165, 1.54) is 18.4 Å². The predicted molar refractivity (Wildman–Crippen MR) is 56.3 cm³/mol. The summed E-state index contributed by atoms with van der Waals surface area (Å²) in [5, 5.41) is 0. The van der Waals surface area contributed by atoms with Crippen LogP contribution in [0.5, 0.6) is 0 Å². The number of aryl methyl sites for hydroxylation is 1. The molecule has 1 aliphatic carbocycles. The molecule has 0 N–H and O–H groups in total. The third-order valence-corrected chi connectivity index (χ3v) is 2.81. The van der Waals surface area contributed by atoms with Gasteiger partial charge in [-0.1, -0.05) is 24.6 Å². The van der Waals surface area contributed by atoms with E-state index < -0.39 is 0 Å². The van der Waals surface area contributed by atoms with Gasteiger partial charge in [-0.25, -0.2) is 0 Å². The Bertz CT molecular complexity index is 376. The van der Waals surface area contributed by atoms with Crippen LogP contribution in [0.4, 0.5) is 0 Å². The largest absolute Gasteiger partial charge is 0.361 e. The Morgan fingerprint density at radius 2 is 1.79 bits per heavy atom. The fraction of sp³-hybridized carbons (Fsp3) is 0.417. The van der Waals surface area contributed by atoms with Crippen LogP contribution in [0.2, 0.25) is 0 Å². The summed E-state index contributed by atoms with van der Waals surface area (Å²) in [5.41, 5.74) is 12.2. The Morgan fingerprint density at radius 1 is 1.00 bits per heavy atom. The summed E-state index contributed by atoms with van der Waals surface area (Å²) >= 11 is 0. The number of hydrogen-bond donors (Lipinski definition) is 0. The van der Waals surface area contributed by atoms with Crippen LogP contribution in [-0.2, 0) is 6.42 Å². The van der Waals surface area contributed by atoms with Gasteiger partial charge in [-0.3, -0.25) is 0 Å². The van der Waals surface area contributed by atoms with Crippen molar-refractivity contribution in [3.05, 3.63) is 40.9 Å². The van der Waals surface area contributed by atoms with Crippen LogP contribution in [-0.4, -0.2) is 10.5 Å². The zero-order valence-corrected chi connectivity index (χ0v) is 8.24. The average Bonchev–Trinajstić information content (AvgIpc) is 2.20. The highest BCUT2D eigenvalue weighted by molar-refractivity contribution is 5.97. The summed E-state index contributed by atoms with van der Waals surface area (Å²) in [6, 6.07) is 8.24. The molecule has 0 saturated carbocycles. The smallest absolute Gasteiger partial charge is 0.299 e. The minimum Gasteiger partial charge on any atom is -0.361 e. The van der Waals surface area contributed by atoms with Crippen molar-refractivity contribution in [3.8, 4) is 0 Å². The number of rotatable bonds is 0. The average molecular weight is 186 g/mol. The van der Waals surface area contributed by atoms with Crippen LogP contribution in [0, 0.1) is 0 Å². The first-order valence-electron chi connectivity index (χ1n) is 5.21. The zero-order chi connectivity index (χ0) is 9.80. The molecular formula is C12H14N2. The molecule has 0 fully saturated rings. The Morgan fingerprint density at radius 3 is 2.64 bits per heavy atom. The lowest BCUT2D eigenvalue weighted by Gasteiger charge is -2.09. The molecule has 0 aliphatic heterocycles. The fourth-order valence-electron chi connectivity index (χ4n) is 2.04. The minimum atomic E-state index is 0.848. The van der Waals surface area contributed by atoms with Crippen molar-refractivity contribution in [2.24, 2.45) is 0 Å². The van der Waals surface area contributed by atoms with Crippen LogP contribution >= 0.6 is 0 Å². The van der Waals surface area contributed by atoms with Crippen LogP contribution in [0.3, 0.4) is 0 Å². The van der Waals surface area contributed by atoms with E-state index in [9.17, 15) is 0 Å². The summed E-state index contributed by atoms with van der Waals surface area (Å²) in [7, 11) is 0. The van der Waals surface area contributed by atoms with E-state index >= 15 is 0 Å². The molecule has 0 saturated heterocycles. The second kappa shape index (κ2) is 4.21. The maximum atomic E-state index is 8.94. The van der Waals surface area contributed by atoms with Crippen LogP contribution in [0.1, 0.15) is 36.8 Å². The monoisotopic (exact) mass is 186 g/mol. The molecule has 14 heavy (non-hydrogen) atoms. The second-order valence-corrected chi connectivity index (χ2v) is 3.76. The molecule has 0 atom stereocenters. The molecule has 0 amide bonds. The lowest BCUT2D eigenvalue weighted by molar-refractivity contribution is -0.00730. The fourth-order valence-corrected chi connectivity index (χ4v) is 2.04. The van der Waals surface area contributed by atoms with E-state index in [0.717, 1.165) is 30.5 Å². The van der Waals surface area contributed by atoms with Crippen LogP contribution in [0.25, 0.3) is 5.53 Å². The highest BCUT2D eigenvalue weighted by atomic mass is 14.9. The van der Waals surface area contributed by atoms with Gasteiger partial charge in [-0.2, -0.15) is 4.79 Å². The highest BCUT2D eigenvalue weighted by Gasteiger charge is 2.17. The van der Waals surface area contributed by atoms with Gasteiger partial charge < -0.3 is 5.53 Å². The van der Waals surface area contributed by atoms with E-state index in [-0.39, 0.29) is 0 Å². The molecule has 0 radical (unpaired) electrons. The molecule has 0 bridgehead atoms. The molecule has 2 rings (SSSR count). The number of benzene rings is 1. The number of fused-ring (bicyclic) bond motifs is 1. The molecule has 72 valence electrons. The Balaban J connectivity index is 2.46. The van der Waals surface area contributed by atoms with Gasteiger partial charge in [0.05, 0.1) is 12.0 Å². The van der Waals surface area contributed by atoms with Crippen molar-refractivity contribution in [2.75, 3.05) is 0 Å². The summed E-state index contributed by atoms with van der Waals surface area (Å²) in [5.74, 6) is 0. The second-order valence-electron chi connectivity index (χ2n) is 3.76. The molecule has 2 nitrogen and oxygen atoms in total. The first-order valence-corrected chi connectivity index (χ1v) is 5.21. The molecule has 2 heteroatoms. The Hall–Kier alpha value is -1.40. The van der Waals surface area contributed by atoms with Gasteiger partial charge in [-0.15, -0.1) is 0 Å². The zero-order valence-electron chi connectivity index (χ0n) is 8.24. The number of hydrogen-bond acceptors (Lipinski definition) is 0. The van der Waals surface area contributed by atoms with Gasteiger partial charge in [0.25, 0.3) is 5.71 Å². The van der Waals surface area contributed by atoms with Gasteiger partial charge in [0.1, 0.15) is 0 Å². The molecule has 0 unspecified atom stereocenters. The lowest BCUT2D eigenvalue weighted by atomic mass is 9.92. The third-order valence-electron chi connectivity index (χ3n) is 2.81. The SMILES string of the molecule is [N-]=[N+]=C1CCCCCc2ccccc21. The summed E-state index contributed by atoms with van der Waals surface area (Å²) < 4.78 is 0. The topological polar surface area (TPSA) is 36.4 Å². The molecule has 1 aliphatic rings. The first kappa shape index (κ1) is 9.17. The summed E-state index contributed by atoms with van der Waals surface area (Å²) in [6.45, 7) is 0. The van der Waals surface area contributed by atoms with E-state index in [1.54, 1.807) is 0 Å². The van der Waals surface area contributed by atoms with Gasteiger partial charge in [0, 0.05) is 0 Å². The van der Waals surface area contributed by atoms with Crippen molar-refractivity contribution in [1.29, 1.82) is 0 Å². The van der Waals surface area contributed by atoms with Gasteiger partial charge in [0.15, 0.2) is 0 Å². The lowest BCUT2D eigenvalue weighted by Crippen LogP contribution is -2.09. The molecule has 0 aromatic heterocycles. The van der Waals surface area contributed by atoms with E-state index in [2.05, 4.69) is 23.0 Å². The van der Waals surface area contributed by atoms with Crippen molar-refractivity contribution >= 4 is 5.71 Å². The van der Waals surface area contributed by atoms with E-state index in [4.69, 9.17) is 5.53 Å². The van der Waals surface area contributed by atoms with Crippen molar-refractivity contribution in [1.82, 2.24) is 0 Å². The molecular weight excluding hydrogens is 172 g/mol. The maximum absolute atomic E-state index is 8.94. The standard InChI is InChI=1S/C12H14N2/c13-14-12-9-3-1-2-6-10-7-4-5-8-11(10)12/h4-5,7-8H,1-3,6,9H2. The van der Waals surface area contributed by atoms with Crippen LogP contribution in [0.15, 0.2) is 24.3 Å². The van der Waals surface area contributed by atoms with Crippen molar-refractivity contribution in [3.63, 3.8) is 0 Å². The van der Waals surface area contributed by atoms with Gasteiger partial charge in [0.2, 0.25) is 0 Å². The van der Waals surface area contributed by atoms with Crippen LogP contribution < -0.4 is 0 Å². The maximum Gasteiger partial charge on any atom is 0.299 e. The van der Waals surface area contributed by atoms with Gasteiger partial charge in [-0.05, 0) is 30.9 Å². The summed E-state index contributed by atoms with van der Waals surface area (Å²) in [6.07, 6.45) is 5.61. The Kier molecular flexibility index (Phi) is 2.76. The predicted octanol–water partition coefficient (Wildman–Crippen LogP) is 2.82. The van der Waals surface area contributed by atoms with Crippen molar-refractivity contribution in [2.45, 2.75) is 32.1 Å². The third kappa shape index (κ3) is 1.75. The summed E-state index contributed by atoms with van der Waals surface area (Å²) in [4.78, 5) is 3.41. The Labute approximate surface area is 84.2 Å². The van der Waals surface area contributed by atoms with Crippen molar-refractivity contribution < 1.29 is 4.79 Å². The highest BCUT2D eigenvalue weighted by Crippen LogP contribution is 2.19. The molecule has 1 aromatic carbocycles. The minimum absolute atomic E-state index is 0.848. The van der Waals surface area contributed by atoms with Gasteiger partial charge >= 0.3 is 0 Å². The molecule has 0 heterocycles. The first-order chi connectivity index (χ1) is 6.92. The molecule has 1 aromatic rings. The van der Waals surface area contributed by atoms with E-state index in [0.29, 0.717) is 0 Å². The number of nitrogens with zero attached hydrogens (tertiary/aromatic N) is 2. The molecule has 0 spiro atoms. The normalized spacial score (nSPS) is 16.4. The quantitative estimate of drug-likeness (QED) is 0.441.